The van der Waals surface area contributed by atoms with Gasteiger partial charge >= 0.3 is 0 Å². The smallest absolute Gasteiger partial charge is 0.0456 e. The summed E-state index contributed by atoms with van der Waals surface area (Å²) in [6.45, 7) is 3.22. The first kappa shape index (κ1) is 18.7. The third kappa shape index (κ3) is 4.60. The molecule has 0 fully saturated rings. The number of hydrogen-bond donors (Lipinski definition) is 2. The summed E-state index contributed by atoms with van der Waals surface area (Å²) in [5, 5.41) is 7.52. The van der Waals surface area contributed by atoms with Crippen LogP contribution in [-0.4, -0.2) is 16.0 Å². The first-order chi connectivity index (χ1) is 13.8. The minimum atomic E-state index is 0.543. The zero-order valence-electron chi connectivity index (χ0n) is 16.6. The minimum Gasteiger partial charge on any atom is -0.361 e. The largest absolute Gasteiger partial charge is 0.361 e. The van der Waals surface area contributed by atoms with E-state index in [1.54, 1.807) is 0 Å². The van der Waals surface area contributed by atoms with Crippen LogP contribution in [0.4, 0.5) is 0 Å². The van der Waals surface area contributed by atoms with Crippen LogP contribution in [0, 0.1) is 0 Å². The highest BCUT2D eigenvalue weighted by atomic mass is 14.9. The average Bonchev–Trinajstić information content (AvgIpc) is 3.15. The molecule has 0 saturated carbocycles. The zero-order valence-corrected chi connectivity index (χ0v) is 16.6. The summed E-state index contributed by atoms with van der Waals surface area (Å²) in [7, 11) is 0. The van der Waals surface area contributed by atoms with Gasteiger partial charge in [-0.05, 0) is 60.9 Å². The number of benzene rings is 2. The van der Waals surface area contributed by atoms with Gasteiger partial charge in [-0.1, -0.05) is 43.2 Å². The molecular weight excluding hydrogens is 342 g/mol. The number of hydrogen-bond acceptors (Lipinski definition) is 2. The van der Waals surface area contributed by atoms with Crippen molar-refractivity contribution in [3.63, 3.8) is 0 Å². The van der Waals surface area contributed by atoms with Crippen molar-refractivity contribution in [1.82, 2.24) is 15.3 Å². The number of pyridine rings is 1. The fourth-order valence-corrected chi connectivity index (χ4v) is 3.92. The second-order valence-corrected chi connectivity index (χ2v) is 7.80. The number of aryl methyl sites for hydroxylation is 1. The molecule has 0 spiro atoms. The Hall–Kier alpha value is -2.65. The topological polar surface area (TPSA) is 40.7 Å². The molecule has 4 aromatic rings. The second kappa shape index (κ2) is 9.03. The van der Waals surface area contributed by atoms with Gasteiger partial charge in [0.2, 0.25) is 0 Å². The Balaban J connectivity index is 1.17. The maximum Gasteiger partial charge on any atom is 0.0456 e. The molecule has 144 valence electrons. The van der Waals surface area contributed by atoms with E-state index in [4.69, 9.17) is 0 Å². The lowest BCUT2D eigenvalue weighted by Crippen LogP contribution is -2.25. The van der Waals surface area contributed by atoms with Crippen LogP contribution < -0.4 is 5.32 Å². The molecule has 1 atom stereocenters. The molecule has 4 rings (SSSR count). The predicted octanol–water partition coefficient (Wildman–Crippen LogP) is 6.00. The molecule has 0 radical (unpaired) electrons. The summed E-state index contributed by atoms with van der Waals surface area (Å²) in [5.74, 6) is 0. The van der Waals surface area contributed by atoms with Crippen LogP contribution in [0.15, 0.2) is 67.1 Å². The maximum absolute atomic E-state index is 4.18. The van der Waals surface area contributed by atoms with Crippen LogP contribution >= 0.6 is 0 Å². The normalized spacial score (nSPS) is 12.6. The fraction of sp³-hybridized carbons (Fsp3) is 0.320. The molecule has 3 nitrogen and oxygen atoms in total. The lowest BCUT2D eigenvalue weighted by Gasteiger charge is -2.14. The van der Waals surface area contributed by atoms with Gasteiger partial charge in [0.05, 0.1) is 0 Å². The molecule has 0 bridgehead atoms. The molecule has 2 aromatic carbocycles. The van der Waals surface area contributed by atoms with Crippen molar-refractivity contribution in [3.05, 3.63) is 78.2 Å². The van der Waals surface area contributed by atoms with E-state index in [9.17, 15) is 0 Å². The molecular formula is C25H29N3. The van der Waals surface area contributed by atoms with Crippen molar-refractivity contribution in [1.29, 1.82) is 0 Å². The van der Waals surface area contributed by atoms with E-state index >= 15 is 0 Å². The number of unbranched alkanes of at least 4 members (excludes halogenated alkanes) is 2. The van der Waals surface area contributed by atoms with Crippen molar-refractivity contribution in [2.24, 2.45) is 0 Å². The molecule has 3 heteroatoms. The molecule has 2 N–H and O–H groups in total. The number of H-pyrrole nitrogens is 1. The van der Waals surface area contributed by atoms with E-state index in [-0.39, 0.29) is 0 Å². The van der Waals surface area contributed by atoms with Crippen molar-refractivity contribution in [2.45, 2.75) is 51.6 Å². The van der Waals surface area contributed by atoms with Gasteiger partial charge in [-0.25, -0.2) is 0 Å². The third-order valence-electron chi connectivity index (χ3n) is 5.62. The summed E-state index contributed by atoms with van der Waals surface area (Å²) in [6, 6.07) is 17.8. The first-order valence-corrected chi connectivity index (χ1v) is 10.4. The fourth-order valence-electron chi connectivity index (χ4n) is 3.92. The van der Waals surface area contributed by atoms with E-state index < -0.39 is 0 Å². The van der Waals surface area contributed by atoms with Gasteiger partial charge in [0.15, 0.2) is 0 Å². The maximum atomic E-state index is 4.18. The summed E-state index contributed by atoms with van der Waals surface area (Å²) in [6.07, 6.45) is 12.2. The Kier molecular flexibility index (Phi) is 6.03. The second-order valence-electron chi connectivity index (χ2n) is 7.80. The van der Waals surface area contributed by atoms with Crippen LogP contribution in [0.25, 0.3) is 21.7 Å². The van der Waals surface area contributed by atoms with Gasteiger partial charge in [0, 0.05) is 47.5 Å². The van der Waals surface area contributed by atoms with Gasteiger partial charge in [0.1, 0.15) is 0 Å². The van der Waals surface area contributed by atoms with Gasteiger partial charge in [0.25, 0.3) is 0 Å². The molecule has 0 aliphatic heterocycles. The first-order valence-electron chi connectivity index (χ1n) is 10.4. The Morgan fingerprint density at radius 1 is 1.00 bits per heavy atom. The third-order valence-corrected chi connectivity index (χ3v) is 5.62. The quantitative estimate of drug-likeness (QED) is 0.354. The minimum absolute atomic E-state index is 0.543. The van der Waals surface area contributed by atoms with Crippen LogP contribution in [0.5, 0.6) is 0 Å². The standard InChI is InChI=1S/C25H29N3/c1-19(27-16-20-11-12-22-17-26-14-13-21(22)15-20)7-3-2-4-8-23-18-28-25-10-6-5-9-24(23)25/h5-6,9-15,17-19,27-28H,2-4,7-8,16H2,1H3/t19-/m1/s1. The summed E-state index contributed by atoms with van der Waals surface area (Å²) < 4.78 is 0. The number of fused-ring (bicyclic) bond motifs is 2. The summed E-state index contributed by atoms with van der Waals surface area (Å²) in [4.78, 5) is 7.56. The lowest BCUT2D eigenvalue weighted by molar-refractivity contribution is 0.484. The molecule has 0 unspecified atom stereocenters. The monoisotopic (exact) mass is 371 g/mol. The summed E-state index contributed by atoms with van der Waals surface area (Å²) >= 11 is 0. The molecule has 28 heavy (non-hydrogen) atoms. The van der Waals surface area contributed by atoms with E-state index in [0.717, 1.165) is 13.0 Å². The van der Waals surface area contributed by atoms with E-state index in [1.807, 2.05) is 12.4 Å². The summed E-state index contributed by atoms with van der Waals surface area (Å²) in [5.41, 5.74) is 4.04. The molecule has 0 amide bonds. The highest BCUT2D eigenvalue weighted by molar-refractivity contribution is 5.83. The molecule has 2 heterocycles. The molecule has 0 aliphatic carbocycles. The Morgan fingerprint density at radius 2 is 1.93 bits per heavy atom. The highest BCUT2D eigenvalue weighted by Gasteiger charge is 2.05. The molecule has 0 saturated heterocycles. The number of rotatable bonds is 9. The van der Waals surface area contributed by atoms with Gasteiger partial charge < -0.3 is 10.3 Å². The number of nitrogens with one attached hydrogen (secondary N) is 2. The average molecular weight is 372 g/mol. The van der Waals surface area contributed by atoms with Gasteiger partial charge in [-0.15, -0.1) is 0 Å². The van der Waals surface area contributed by atoms with Crippen molar-refractivity contribution >= 4 is 21.7 Å². The van der Waals surface area contributed by atoms with Gasteiger partial charge in [-0.3, -0.25) is 4.98 Å². The number of para-hydroxylation sites is 1. The SMILES string of the molecule is C[C@H](CCCCCc1c[nH]c2ccccc12)NCc1ccc2cnccc2c1. The van der Waals surface area contributed by atoms with Crippen LogP contribution in [0.2, 0.25) is 0 Å². The predicted molar refractivity (Wildman–Crippen MR) is 119 cm³/mol. The van der Waals surface area contributed by atoms with Crippen molar-refractivity contribution < 1.29 is 0 Å². The van der Waals surface area contributed by atoms with E-state index in [2.05, 4.69) is 76.9 Å². The lowest BCUT2D eigenvalue weighted by atomic mass is 10.0. The molecule has 2 aromatic heterocycles. The van der Waals surface area contributed by atoms with Crippen molar-refractivity contribution in [2.75, 3.05) is 0 Å². The van der Waals surface area contributed by atoms with Gasteiger partial charge in [-0.2, -0.15) is 0 Å². The highest BCUT2D eigenvalue weighted by Crippen LogP contribution is 2.20. The van der Waals surface area contributed by atoms with Crippen molar-refractivity contribution in [3.8, 4) is 0 Å². The number of aromatic amines is 1. The molecule has 0 aliphatic rings. The zero-order chi connectivity index (χ0) is 19.2. The van der Waals surface area contributed by atoms with E-state index in [0.29, 0.717) is 6.04 Å². The van der Waals surface area contributed by atoms with Crippen LogP contribution in [-0.2, 0) is 13.0 Å². The van der Waals surface area contributed by atoms with Crippen LogP contribution in [0.1, 0.15) is 43.7 Å². The van der Waals surface area contributed by atoms with E-state index in [1.165, 1.54) is 58.5 Å². The Morgan fingerprint density at radius 3 is 2.89 bits per heavy atom. The Labute approximate surface area is 167 Å². The number of aromatic nitrogens is 2. The number of nitrogens with zero attached hydrogens (tertiary/aromatic N) is 1. The van der Waals surface area contributed by atoms with Crippen LogP contribution in [0.3, 0.4) is 0 Å². The Bertz CT molecular complexity index is 1030.